The molecule has 0 saturated heterocycles. The summed E-state index contributed by atoms with van der Waals surface area (Å²) in [6, 6.07) is 14.5. The van der Waals surface area contributed by atoms with Crippen molar-refractivity contribution in [3.63, 3.8) is 0 Å². The van der Waals surface area contributed by atoms with E-state index in [1.54, 1.807) is 4.88 Å². The van der Waals surface area contributed by atoms with E-state index in [9.17, 15) is 0 Å². The molecule has 166 valence electrons. The maximum Gasteiger partial charge on any atom is 0.0381 e. The van der Waals surface area contributed by atoms with Gasteiger partial charge in [0.05, 0.1) is 0 Å². The van der Waals surface area contributed by atoms with Crippen molar-refractivity contribution < 1.29 is 0 Å². The van der Waals surface area contributed by atoms with Crippen LogP contribution in [0.25, 0.3) is 41.7 Å². The summed E-state index contributed by atoms with van der Waals surface area (Å²) in [6.07, 6.45) is 8.15. The van der Waals surface area contributed by atoms with Crippen molar-refractivity contribution in [2.24, 2.45) is 0 Å². The average Bonchev–Trinajstić information content (AvgIpc) is 3.39. The van der Waals surface area contributed by atoms with E-state index in [0.29, 0.717) is 5.92 Å². The molecule has 0 saturated carbocycles. The molecule has 0 aliphatic heterocycles. The fraction of sp³-hybridized carbons (Fsp3) is 0.400. The van der Waals surface area contributed by atoms with Gasteiger partial charge in [-0.3, -0.25) is 0 Å². The molecule has 0 amide bonds. The molecule has 1 atom stereocenters. The van der Waals surface area contributed by atoms with E-state index in [1.807, 2.05) is 22.7 Å². The van der Waals surface area contributed by atoms with Crippen LogP contribution in [0.3, 0.4) is 0 Å². The van der Waals surface area contributed by atoms with Crippen molar-refractivity contribution >= 4 is 64.4 Å². The molecular weight excluding hydrogens is 424 g/mol. The highest BCUT2D eigenvalue weighted by molar-refractivity contribution is 7.19. The summed E-state index contributed by atoms with van der Waals surface area (Å²) in [5.41, 5.74) is 2.82. The summed E-state index contributed by atoms with van der Waals surface area (Å²) in [6.45, 7) is 11.5. The van der Waals surface area contributed by atoms with Gasteiger partial charge in [-0.25, -0.2) is 0 Å². The zero-order valence-electron chi connectivity index (χ0n) is 20.1. The SMILES string of the molecule is CCCCCCCC(C)c1cc2c(s1)c(C)cc1c2ccc2c3cc(C)sc3c(C)cc21. The molecule has 0 spiro atoms. The van der Waals surface area contributed by atoms with Gasteiger partial charge in [0.15, 0.2) is 0 Å². The minimum absolute atomic E-state index is 0.652. The number of hydrogen-bond acceptors (Lipinski definition) is 2. The van der Waals surface area contributed by atoms with Crippen LogP contribution in [0.1, 0.15) is 79.2 Å². The monoisotopic (exact) mass is 458 g/mol. The van der Waals surface area contributed by atoms with Gasteiger partial charge in [0.1, 0.15) is 0 Å². The third kappa shape index (κ3) is 3.76. The highest BCUT2D eigenvalue weighted by Crippen LogP contribution is 2.43. The molecule has 5 aromatic rings. The Bertz CT molecular complexity index is 1430. The van der Waals surface area contributed by atoms with E-state index in [4.69, 9.17) is 0 Å². The van der Waals surface area contributed by atoms with E-state index < -0.39 is 0 Å². The van der Waals surface area contributed by atoms with Crippen LogP contribution < -0.4 is 0 Å². The minimum Gasteiger partial charge on any atom is -0.140 e. The fourth-order valence-corrected chi connectivity index (χ4v) is 7.56. The van der Waals surface area contributed by atoms with Crippen molar-refractivity contribution in [3.8, 4) is 0 Å². The molecule has 0 aliphatic rings. The first-order chi connectivity index (χ1) is 15.5. The first-order valence-corrected chi connectivity index (χ1v) is 13.9. The molecule has 0 bridgehead atoms. The quantitative estimate of drug-likeness (QED) is 0.168. The minimum atomic E-state index is 0.652. The summed E-state index contributed by atoms with van der Waals surface area (Å²) in [7, 11) is 0. The fourth-order valence-electron chi connectivity index (χ4n) is 5.33. The van der Waals surface area contributed by atoms with Crippen LogP contribution in [0.2, 0.25) is 0 Å². The molecule has 2 heteroatoms. The molecule has 0 nitrogen and oxygen atoms in total. The zero-order chi connectivity index (χ0) is 22.4. The van der Waals surface area contributed by atoms with Crippen molar-refractivity contribution in [3.05, 3.63) is 57.3 Å². The van der Waals surface area contributed by atoms with Gasteiger partial charge in [-0.15, -0.1) is 22.7 Å². The smallest absolute Gasteiger partial charge is 0.0381 e. The van der Waals surface area contributed by atoms with Crippen LogP contribution in [0.4, 0.5) is 0 Å². The lowest BCUT2D eigenvalue weighted by atomic mass is 9.94. The van der Waals surface area contributed by atoms with E-state index in [-0.39, 0.29) is 0 Å². The van der Waals surface area contributed by atoms with Gasteiger partial charge in [-0.1, -0.05) is 58.1 Å². The number of thiophene rings is 2. The Morgan fingerprint density at radius 1 is 0.656 bits per heavy atom. The molecule has 2 heterocycles. The van der Waals surface area contributed by atoms with E-state index in [0.717, 1.165) is 0 Å². The normalized spacial score (nSPS) is 13.2. The number of unbranched alkanes of at least 4 members (excludes halogenated alkanes) is 4. The second-order valence-electron chi connectivity index (χ2n) is 9.74. The lowest BCUT2D eigenvalue weighted by Gasteiger charge is -2.10. The highest BCUT2D eigenvalue weighted by atomic mass is 32.1. The Labute approximate surface area is 200 Å². The molecule has 0 radical (unpaired) electrons. The number of aryl methyl sites for hydroxylation is 3. The van der Waals surface area contributed by atoms with Crippen LogP contribution in [0.15, 0.2) is 36.4 Å². The van der Waals surface area contributed by atoms with Gasteiger partial charge in [0, 0.05) is 29.9 Å². The van der Waals surface area contributed by atoms with Gasteiger partial charge >= 0.3 is 0 Å². The van der Waals surface area contributed by atoms with E-state index in [1.165, 1.54) is 96.2 Å². The standard InChI is InChI=1S/C30H34S2/c1-6-7-8-9-10-11-18(2)28-17-27-23-13-12-22-24(25(23)15-20(4)30(27)32-28)14-19(3)29-26(22)16-21(5)31-29/h12-18H,6-11H2,1-5H3. The lowest BCUT2D eigenvalue weighted by Crippen LogP contribution is -1.90. The van der Waals surface area contributed by atoms with Gasteiger partial charge in [-0.2, -0.15) is 0 Å². The molecule has 5 rings (SSSR count). The predicted molar refractivity (Wildman–Crippen MR) is 148 cm³/mol. The highest BCUT2D eigenvalue weighted by Gasteiger charge is 2.16. The molecule has 0 N–H and O–H groups in total. The third-order valence-corrected chi connectivity index (χ3v) is 9.83. The Morgan fingerprint density at radius 2 is 1.25 bits per heavy atom. The van der Waals surface area contributed by atoms with Crippen molar-refractivity contribution in [1.82, 2.24) is 0 Å². The van der Waals surface area contributed by atoms with Crippen LogP contribution in [0, 0.1) is 20.8 Å². The summed E-state index contributed by atoms with van der Waals surface area (Å²) >= 11 is 3.95. The maximum atomic E-state index is 2.51. The van der Waals surface area contributed by atoms with Crippen LogP contribution in [-0.4, -0.2) is 0 Å². The second-order valence-corrected chi connectivity index (χ2v) is 12.1. The van der Waals surface area contributed by atoms with Crippen molar-refractivity contribution in [2.45, 2.75) is 79.1 Å². The first-order valence-electron chi connectivity index (χ1n) is 12.3. The summed E-state index contributed by atoms with van der Waals surface area (Å²) in [5, 5.41) is 8.52. The summed E-state index contributed by atoms with van der Waals surface area (Å²) in [4.78, 5) is 2.96. The average molecular weight is 459 g/mol. The van der Waals surface area contributed by atoms with Crippen LogP contribution in [0.5, 0.6) is 0 Å². The Kier molecular flexibility index (Phi) is 6.03. The lowest BCUT2D eigenvalue weighted by molar-refractivity contribution is 0.571. The largest absolute Gasteiger partial charge is 0.140 e. The van der Waals surface area contributed by atoms with Crippen molar-refractivity contribution in [1.29, 1.82) is 0 Å². The Balaban J connectivity index is 1.60. The van der Waals surface area contributed by atoms with Gasteiger partial charge in [0.2, 0.25) is 0 Å². The Hall–Kier alpha value is -1.90. The number of hydrogen-bond donors (Lipinski definition) is 0. The van der Waals surface area contributed by atoms with Crippen LogP contribution >= 0.6 is 22.7 Å². The summed E-state index contributed by atoms with van der Waals surface area (Å²) < 4.78 is 2.92. The molecule has 0 fully saturated rings. The maximum absolute atomic E-state index is 2.51. The van der Waals surface area contributed by atoms with E-state index in [2.05, 4.69) is 71.0 Å². The first kappa shape index (κ1) is 21.9. The number of benzene rings is 3. The van der Waals surface area contributed by atoms with E-state index >= 15 is 0 Å². The molecule has 0 aliphatic carbocycles. The topological polar surface area (TPSA) is 0 Å². The van der Waals surface area contributed by atoms with Crippen LogP contribution in [-0.2, 0) is 0 Å². The number of rotatable bonds is 7. The molecule has 2 aromatic heterocycles. The molecular formula is C30H34S2. The summed E-state index contributed by atoms with van der Waals surface area (Å²) in [5.74, 6) is 0.652. The van der Waals surface area contributed by atoms with Crippen molar-refractivity contribution in [2.75, 3.05) is 0 Å². The third-order valence-electron chi connectivity index (χ3n) is 7.14. The van der Waals surface area contributed by atoms with Gasteiger partial charge in [0.25, 0.3) is 0 Å². The Morgan fingerprint density at radius 3 is 1.91 bits per heavy atom. The molecule has 1 unspecified atom stereocenters. The predicted octanol–water partition coefficient (Wildman–Crippen LogP) is 10.8. The molecule has 3 aromatic carbocycles. The second kappa shape index (κ2) is 8.80. The van der Waals surface area contributed by atoms with Gasteiger partial charge < -0.3 is 0 Å². The molecule has 32 heavy (non-hydrogen) atoms. The number of fused-ring (bicyclic) bond motifs is 7. The zero-order valence-corrected chi connectivity index (χ0v) is 21.7. The van der Waals surface area contributed by atoms with Gasteiger partial charge in [-0.05, 0) is 90.0 Å².